The molecule has 0 bridgehead atoms. The lowest BCUT2D eigenvalue weighted by atomic mass is 10.1. The second kappa shape index (κ2) is 7.05. The Bertz CT molecular complexity index is 614. The summed E-state index contributed by atoms with van der Waals surface area (Å²) in [6, 6.07) is 4.84. The van der Waals surface area contributed by atoms with Crippen molar-refractivity contribution in [1.82, 2.24) is 5.32 Å². The van der Waals surface area contributed by atoms with E-state index in [2.05, 4.69) is 11.2 Å². The zero-order valence-corrected chi connectivity index (χ0v) is 11.8. The zero-order valence-electron chi connectivity index (χ0n) is 11.0. The summed E-state index contributed by atoms with van der Waals surface area (Å²) in [7, 11) is 0. The predicted octanol–water partition coefficient (Wildman–Crippen LogP) is 2.81. The molecule has 1 rings (SSSR count). The summed E-state index contributed by atoms with van der Waals surface area (Å²) in [5.41, 5.74) is -1.46. The minimum atomic E-state index is -4.61. The number of halogens is 3. The molecule has 1 aromatic carbocycles. The highest BCUT2D eigenvalue weighted by Gasteiger charge is 2.34. The van der Waals surface area contributed by atoms with Crippen LogP contribution in [0.15, 0.2) is 23.1 Å². The first-order valence-corrected chi connectivity index (χ1v) is 6.66. The van der Waals surface area contributed by atoms with Gasteiger partial charge in [0.25, 0.3) is 0 Å². The molecular formula is C14H11F3N2OS. The first-order chi connectivity index (χ1) is 9.79. The number of nitrogens with one attached hydrogen (secondary N) is 1. The van der Waals surface area contributed by atoms with Crippen LogP contribution in [0.3, 0.4) is 0 Å². The molecule has 1 N–H and O–H groups in total. The van der Waals surface area contributed by atoms with Gasteiger partial charge in [-0.05, 0) is 25.1 Å². The fourth-order valence-electron chi connectivity index (χ4n) is 1.47. The van der Waals surface area contributed by atoms with Crippen LogP contribution in [0, 0.1) is 23.7 Å². The lowest BCUT2D eigenvalue weighted by Gasteiger charge is -2.13. The number of nitriles is 1. The van der Waals surface area contributed by atoms with Gasteiger partial charge in [0, 0.05) is 4.90 Å². The normalized spacial score (nSPS) is 12.1. The Morgan fingerprint density at radius 3 is 2.71 bits per heavy atom. The number of hydrogen-bond acceptors (Lipinski definition) is 3. The minimum Gasteiger partial charge on any atom is -0.344 e. The molecule has 0 aliphatic rings. The summed E-state index contributed by atoms with van der Waals surface area (Å²) in [4.78, 5) is 11.9. The molecular weight excluding hydrogens is 301 g/mol. The lowest BCUT2D eigenvalue weighted by Crippen LogP contribution is -2.31. The quantitative estimate of drug-likeness (QED) is 0.687. The van der Waals surface area contributed by atoms with Gasteiger partial charge in [-0.2, -0.15) is 18.4 Å². The van der Waals surface area contributed by atoms with Gasteiger partial charge >= 0.3 is 6.18 Å². The third-order valence-electron chi connectivity index (χ3n) is 2.46. The number of hydrogen-bond donors (Lipinski definition) is 1. The van der Waals surface area contributed by atoms with E-state index in [-0.39, 0.29) is 17.3 Å². The van der Waals surface area contributed by atoms with Crippen molar-refractivity contribution in [1.29, 1.82) is 5.26 Å². The maximum atomic E-state index is 12.8. The number of amides is 1. The SMILES string of the molecule is C#CCNC(=O)C(C)Sc1ccc(C#N)c(C(F)(F)F)c1. The van der Waals surface area contributed by atoms with Gasteiger partial charge in [0.15, 0.2) is 0 Å². The predicted molar refractivity (Wildman–Crippen MR) is 73.3 cm³/mol. The fourth-order valence-corrected chi connectivity index (χ4v) is 2.40. The highest BCUT2D eigenvalue weighted by Crippen LogP contribution is 2.35. The number of thioether (sulfide) groups is 1. The number of benzene rings is 1. The topological polar surface area (TPSA) is 52.9 Å². The number of carbonyl (C=O) groups is 1. The van der Waals surface area contributed by atoms with Crippen molar-refractivity contribution in [2.75, 3.05) is 6.54 Å². The van der Waals surface area contributed by atoms with E-state index < -0.39 is 22.6 Å². The number of nitrogens with zero attached hydrogens (tertiary/aromatic N) is 1. The summed E-state index contributed by atoms with van der Waals surface area (Å²) < 4.78 is 38.4. The van der Waals surface area contributed by atoms with Gasteiger partial charge in [0.05, 0.1) is 29.0 Å². The van der Waals surface area contributed by atoms with Crippen LogP contribution in [0.5, 0.6) is 0 Å². The van der Waals surface area contributed by atoms with Crippen LogP contribution in [-0.4, -0.2) is 17.7 Å². The maximum absolute atomic E-state index is 12.8. The number of alkyl halides is 3. The molecule has 0 fully saturated rings. The van der Waals surface area contributed by atoms with Crippen molar-refractivity contribution in [3.8, 4) is 18.4 Å². The molecule has 1 aromatic rings. The monoisotopic (exact) mass is 312 g/mol. The average molecular weight is 312 g/mol. The van der Waals surface area contributed by atoms with E-state index in [1.54, 1.807) is 6.92 Å². The van der Waals surface area contributed by atoms with Crippen LogP contribution in [-0.2, 0) is 11.0 Å². The molecule has 110 valence electrons. The number of rotatable bonds is 4. The van der Waals surface area contributed by atoms with Gasteiger partial charge in [-0.25, -0.2) is 0 Å². The molecule has 3 nitrogen and oxygen atoms in total. The van der Waals surface area contributed by atoms with Gasteiger partial charge in [-0.15, -0.1) is 18.2 Å². The molecule has 0 aliphatic heterocycles. The molecule has 0 saturated carbocycles. The van der Waals surface area contributed by atoms with Crippen molar-refractivity contribution in [3.05, 3.63) is 29.3 Å². The summed E-state index contributed by atoms with van der Waals surface area (Å²) in [6.07, 6.45) is 0.388. The summed E-state index contributed by atoms with van der Waals surface area (Å²) in [5.74, 6) is 1.87. The molecule has 0 aromatic heterocycles. The Hall–Kier alpha value is -2.12. The summed E-state index contributed by atoms with van der Waals surface area (Å²) >= 11 is 0.962. The Balaban J connectivity index is 2.94. The van der Waals surface area contributed by atoms with Gasteiger partial charge in [-0.3, -0.25) is 4.79 Å². The molecule has 0 aliphatic carbocycles. The van der Waals surface area contributed by atoms with E-state index >= 15 is 0 Å². The van der Waals surface area contributed by atoms with Crippen LogP contribution in [0.25, 0.3) is 0 Å². The smallest absolute Gasteiger partial charge is 0.344 e. The van der Waals surface area contributed by atoms with E-state index in [4.69, 9.17) is 11.7 Å². The summed E-state index contributed by atoms with van der Waals surface area (Å²) in [6.45, 7) is 1.62. The third-order valence-corrected chi connectivity index (χ3v) is 3.56. The highest BCUT2D eigenvalue weighted by molar-refractivity contribution is 8.00. The van der Waals surface area contributed by atoms with Crippen LogP contribution in [0.1, 0.15) is 18.1 Å². The Labute approximate surface area is 124 Å². The van der Waals surface area contributed by atoms with Gasteiger partial charge in [0.2, 0.25) is 5.91 Å². The van der Waals surface area contributed by atoms with Gasteiger partial charge in [-0.1, -0.05) is 5.92 Å². The van der Waals surface area contributed by atoms with E-state index in [1.165, 1.54) is 12.1 Å². The first kappa shape index (κ1) is 16.9. The third kappa shape index (κ3) is 4.73. The van der Waals surface area contributed by atoms with Gasteiger partial charge in [0.1, 0.15) is 0 Å². The molecule has 0 heterocycles. The Morgan fingerprint density at radius 1 is 1.52 bits per heavy atom. The Kier molecular flexibility index (Phi) is 5.69. The molecule has 1 amide bonds. The molecule has 0 radical (unpaired) electrons. The molecule has 7 heteroatoms. The molecule has 0 saturated heterocycles. The standard InChI is InChI=1S/C14H11F3N2OS/c1-3-6-19-13(20)9(2)21-11-5-4-10(8-18)12(7-11)14(15,16)17/h1,4-5,7,9H,6H2,2H3,(H,19,20). The molecule has 1 unspecified atom stereocenters. The van der Waals surface area contributed by atoms with Crippen LogP contribution in [0.4, 0.5) is 13.2 Å². The van der Waals surface area contributed by atoms with Crippen LogP contribution >= 0.6 is 11.8 Å². The van der Waals surface area contributed by atoms with Crippen molar-refractivity contribution in [2.45, 2.75) is 23.2 Å². The Morgan fingerprint density at radius 2 is 2.19 bits per heavy atom. The van der Waals surface area contributed by atoms with E-state index in [0.717, 1.165) is 23.9 Å². The van der Waals surface area contributed by atoms with Crippen molar-refractivity contribution < 1.29 is 18.0 Å². The summed E-state index contributed by atoms with van der Waals surface area (Å²) in [5, 5.41) is 10.5. The largest absolute Gasteiger partial charge is 0.417 e. The molecule has 21 heavy (non-hydrogen) atoms. The first-order valence-electron chi connectivity index (χ1n) is 5.78. The number of terminal acetylenes is 1. The van der Waals surface area contributed by atoms with Crippen molar-refractivity contribution in [3.63, 3.8) is 0 Å². The highest BCUT2D eigenvalue weighted by atomic mass is 32.2. The lowest BCUT2D eigenvalue weighted by molar-refractivity contribution is -0.137. The molecule has 1 atom stereocenters. The fraction of sp³-hybridized carbons (Fsp3) is 0.286. The van der Waals surface area contributed by atoms with Gasteiger partial charge < -0.3 is 5.32 Å². The maximum Gasteiger partial charge on any atom is 0.417 e. The van der Waals surface area contributed by atoms with Crippen LogP contribution < -0.4 is 5.32 Å². The number of carbonyl (C=O) groups excluding carboxylic acids is 1. The minimum absolute atomic E-state index is 0.0604. The van der Waals surface area contributed by atoms with E-state index in [1.807, 2.05) is 0 Å². The van der Waals surface area contributed by atoms with E-state index in [9.17, 15) is 18.0 Å². The van der Waals surface area contributed by atoms with E-state index in [0.29, 0.717) is 0 Å². The zero-order chi connectivity index (χ0) is 16.0. The van der Waals surface area contributed by atoms with Crippen molar-refractivity contribution >= 4 is 17.7 Å². The van der Waals surface area contributed by atoms with Crippen molar-refractivity contribution in [2.24, 2.45) is 0 Å². The van der Waals surface area contributed by atoms with Crippen LogP contribution in [0.2, 0.25) is 0 Å². The second-order valence-corrected chi connectivity index (χ2v) is 5.41. The average Bonchev–Trinajstić information content (AvgIpc) is 2.43. The molecule has 0 spiro atoms. The second-order valence-electron chi connectivity index (χ2n) is 4.00.